The Morgan fingerprint density at radius 3 is 1.60 bits per heavy atom. The Morgan fingerprint density at radius 1 is 1.07 bits per heavy atom. The Morgan fingerprint density at radius 2 is 1.47 bits per heavy atom. The van der Waals surface area contributed by atoms with Crippen LogP contribution in [0.3, 0.4) is 0 Å². The molecule has 3 nitrogen and oxygen atoms in total. The van der Waals surface area contributed by atoms with Gasteiger partial charge in [-0.05, 0) is 13.8 Å². The number of hydrogen-bond donors (Lipinski definition) is 0. The summed E-state index contributed by atoms with van der Waals surface area (Å²) in [7, 11) is 0. The van der Waals surface area contributed by atoms with Crippen LogP contribution in [0.4, 0.5) is 4.79 Å². The van der Waals surface area contributed by atoms with Crippen LogP contribution >= 0.6 is 0 Å². The number of cyclic esters (lactones) is 2. The summed E-state index contributed by atoms with van der Waals surface area (Å²) in [6.07, 6.45) is -0.662. The van der Waals surface area contributed by atoms with Crippen LogP contribution in [0.5, 0.6) is 0 Å². The molecule has 15 heavy (non-hydrogen) atoms. The lowest BCUT2D eigenvalue weighted by Gasteiger charge is -2.11. The van der Waals surface area contributed by atoms with Gasteiger partial charge in [0.15, 0.2) is 5.60 Å². The summed E-state index contributed by atoms with van der Waals surface area (Å²) in [6.45, 7) is 6.93. The number of ether oxygens (including phenoxy) is 2. The molecule has 1 aromatic carbocycles. The molecule has 0 amide bonds. The van der Waals surface area contributed by atoms with E-state index in [2.05, 4.69) is 11.3 Å². The Hall–Kier alpha value is -1.77. The molecule has 0 unspecified atom stereocenters. The lowest BCUT2D eigenvalue weighted by atomic mass is 10.1. The fourth-order valence-electron chi connectivity index (χ4n) is 0.894. The predicted octanol–water partition coefficient (Wildman–Crippen LogP) is 3.13. The van der Waals surface area contributed by atoms with E-state index in [1.165, 1.54) is 0 Å². The minimum Gasteiger partial charge on any atom is -0.420 e. The molecule has 0 bridgehead atoms. The van der Waals surface area contributed by atoms with Gasteiger partial charge < -0.3 is 9.47 Å². The number of carbonyl (C=O) groups excluding carboxylic acids is 1. The van der Waals surface area contributed by atoms with Gasteiger partial charge in [-0.1, -0.05) is 43.0 Å². The average Bonchev–Trinajstić information content (AvgIpc) is 2.42. The summed E-state index contributed by atoms with van der Waals surface area (Å²) < 4.78 is 9.22. The molecule has 0 aromatic heterocycles. The van der Waals surface area contributed by atoms with Crippen molar-refractivity contribution in [2.45, 2.75) is 19.4 Å². The van der Waals surface area contributed by atoms with E-state index in [0.717, 1.165) is 0 Å². The van der Waals surface area contributed by atoms with Gasteiger partial charge in [0, 0.05) is 0 Å². The summed E-state index contributed by atoms with van der Waals surface area (Å²) in [6, 6.07) is 12.0. The molecular formula is C12H14O3. The Kier molecular flexibility index (Phi) is 3.50. The number of carbonyl (C=O) groups is 1. The molecule has 80 valence electrons. The predicted molar refractivity (Wildman–Crippen MR) is 57.2 cm³/mol. The van der Waals surface area contributed by atoms with Crippen LogP contribution in [0, 0.1) is 0 Å². The average molecular weight is 206 g/mol. The van der Waals surface area contributed by atoms with Crippen LogP contribution in [-0.4, -0.2) is 11.8 Å². The van der Waals surface area contributed by atoms with Crippen molar-refractivity contribution >= 4 is 6.16 Å². The third-order valence-corrected chi connectivity index (χ3v) is 1.88. The first-order valence-electron chi connectivity index (χ1n) is 4.62. The SMILES string of the molecule is C=C1OC(=O)OC1(C)C.c1ccccc1. The lowest BCUT2D eigenvalue weighted by molar-refractivity contribution is 0.0873. The van der Waals surface area contributed by atoms with Crippen molar-refractivity contribution in [2.24, 2.45) is 0 Å². The molecule has 0 saturated carbocycles. The van der Waals surface area contributed by atoms with Crippen LogP contribution in [0.15, 0.2) is 48.7 Å². The molecule has 1 heterocycles. The second-order valence-electron chi connectivity index (χ2n) is 3.54. The maximum atomic E-state index is 10.4. The molecule has 1 aromatic rings. The van der Waals surface area contributed by atoms with Crippen LogP contribution in [0.2, 0.25) is 0 Å². The second kappa shape index (κ2) is 4.64. The second-order valence-corrected chi connectivity index (χ2v) is 3.54. The molecule has 1 saturated heterocycles. The van der Waals surface area contributed by atoms with Gasteiger partial charge in [-0.2, -0.15) is 0 Å². The summed E-state index contributed by atoms with van der Waals surface area (Å²) >= 11 is 0. The molecule has 2 rings (SSSR count). The number of rotatable bonds is 0. The topological polar surface area (TPSA) is 35.5 Å². The molecule has 0 spiro atoms. The monoisotopic (exact) mass is 206 g/mol. The zero-order valence-corrected chi connectivity index (χ0v) is 8.90. The van der Waals surface area contributed by atoms with Crippen molar-refractivity contribution in [3.05, 3.63) is 48.7 Å². The van der Waals surface area contributed by atoms with Gasteiger partial charge >= 0.3 is 6.16 Å². The van der Waals surface area contributed by atoms with Gasteiger partial charge in [0.25, 0.3) is 0 Å². The van der Waals surface area contributed by atoms with Crippen molar-refractivity contribution < 1.29 is 14.3 Å². The van der Waals surface area contributed by atoms with E-state index in [4.69, 9.17) is 4.74 Å². The van der Waals surface area contributed by atoms with Gasteiger partial charge in [0.1, 0.15) is 5.76 Å². The first kappa shape index (κ1) is 11.3. The summed E-state index contributed by atoms with van der Waals surface area (Å²) in [5.74, 6) is 0.368. The van der Waals surface area contributed by atoms with E-state index < -0.39 is 11.8 Å². The van der Waals surface area contributed by atoms with Crippen LogP contribution in [-0.2, 0) is 9.47 Å². The van der Waals surface area contributed by atoms with Gasteiger partial charge in [-0.15, -0.1) is 0 Å². The molecule has 0 radical (unpaired) electrons. The summed E-state index contributed by atoms with van der Waals surface area (Å²) in [5.41, 5.74) is -0.642. The molecular weight excluding hydrogens is 192 g/mol. The molecule has 1 aliphatic heterocycles. The van der Waals surface area contributed by atoms with E-state index in [-0.39, 0.29) is 0 Å². The van der Waals surface area contributed by atoms with Gasteiger partial charge in [-0.3, -0.25) is 0 Å². The minimum absolute atomic E-state index is 0.368. The summed E-state index contributed by atoms with van der Waals surface area (Å²) in [4.78, 5) is 10.4. The normalized spacial score (nSPS) is 17.2. The zero-order valence-electron chi connectivity index (χ0n) is 8.90. The van der Waals surface area contributed by atoms with Crippen LogP contribution in [0.25, 0.3) is 0 Å². The largest absolute Gasteiger partial charge is 0.514 e. The maximum absolute atomic E-state index is 10.4. The van der Waals surface area contributed by atoms with Crippen molar-refractivity contribution in [1.29, 1.82) is 0 Å². The Balaban J connectivity index is 0.000000162. The molecule has 1 aliphatic rings. The highest BCUT2D eigenvalue weighted by molar-refractivity contribution is 5.65. The van der Waals surface area contributed by atoms with Crippen molar-refractivity contribution in [2.75, 3.05) is 0 Å². The highest BCUT2D eigenvalue weighted by atomic mass is 16.8. The molecule has 3 heteroatoms. The maximum Gasteiger partial charge on any atom is 0.514 e. The van der Waals surface area contributed by atoms with E-state index in [9.17, 15) is 4.79 Å². The van der Waals surface area contributed by atoms with E-state index in [1.54, 1.807) is 13.8 Å². The Bertz CT molecular complexity index is 314. The van der Waals surface area contributed by atoms with Crippen LogP contribution in [0.1, 0.15) is 13.8 Å². The van der Waals surface area contributed by atoms with Crippen molar-refractivity contribution in [3.63, 3.8) is 0 Å². The highest BCUT2D eigenvalue weighted by Gasteiger charge is 2.37. The third kappa shape index (κ3) is 3.46. The molecule has 0 N–H and O–H groups in total. The lowest BCUT2D eigenvalue weighted by Crippen LogP contribution is -2.19. The smallest absolute Gasteiger partial charge is 0.420 e. The quantitative estimate of drug-likeness (QED) is 0.612. The van der Waals surface area contributed by atoms with Gasteiger partial charge in [-0.25, -0.2) is 4.79 Å². The number of benzene rings is 1. The minimum atomic E-state index is -0.662. The summed E-state index contributed by atoms with van der Waals surface area (Å²) in [5, 5.41) is 0. The highest BCUT2D eigenvalue weighted by Crippen LogP contribution is 2.27. The van der Waals surface area contributed by atoms with Crippen molar-refractivity contribution in [1.82, 2.24) is 0 Å². The fourth-order valence-corrected chi connectivity index (χ4v) is 0.894. The molecule has 0 atom stereocenters. The van der Waals surface area contributed by atoms with Gasteiger partial charge in [0.05, 0.1) is 0 Å². The van der Waals surface area contributed by atoms with Crippen LogP contribution < -0.4 is 0 Å². The molecule has 0 aliphatic carbocycles. The standard InChI is InChI=1S/C6H8O3.C6H6/c1-4-6(2,3)9-5(7)8-4;1-2-4-6-5-3-1/h1H2,2-3H3;1-6H. The first-order valence-corrected chi connectivity index (χ1v) is 4.62. The first-order chi connectivity index (χ1) is 7.02. The third-order valence-electron chi connectivity index (χ3n) is 1.88. The zero-order chi connectivity index (χ0) is 11.3. The molecule has 1 fully saturated rings. The fraction of sp³-hybridized carbons (Fsp3) is 0.250. The Labute approximate surface area is 89.3 Å². The van der Waals surface area contributed by atoms with E-state index in [0.29, 0.717) is 5.76 Å². The van der Waals surface area contributed by atoms with Gasteiger partial charge in [0.2, 0.25) is 0 Å². The van der Waals surface area contributed by atoms with E-state index >= 15 is 0 Å². The number of hydrogen-bond acceptors (Lipinski definition) is 3. The van der Waals surface area contributed by atoms with Crippen molar-refractivity contribution in [3.8, 4) is 0 Å². The van der Waals surface area contributed by atoms with E-state index in [1.807, 2.05) is 36.4 Å².